The van der Waals surface area contributed by atoms with Crippen LogP contribution in [0.4, 0.5) is 23.2 Å². The molecule has 0 radical (unpaired) electrons. The maximum Gasteiger partial charge on any atom is 0.416 e. The standard InChI is InChI=1S/C15H11F4NO4/c16-7-2-1-6(15(17,18)19)5-8(7)20-13(21)11-9-3-4-10(24-9)12(11)14(22)23/h1-5,9-12H,(H,20,21)(H,22,23)/p-1/t9-,10+,11+,12+/m1/s1. The lowest BCUT2D eigenvalue weighted by molar-refractivity contribution is -0.313. The van der Waals surface area contributed by atoms with Crippen molar-refractivity contribution in [2.75, 3.05) is 5.32 Å². The van der Waals surface area contributed by atoms with Crippen LogP contribution in [0.1, 0.15) is 5.56 Å². The van der Waals surface area contributed by atoms with Gasteiger partial charge in [0.05, 0.1) is 29.4 Å². The molecule has 4 atom stereocenters. The summed E-state index contributed by atoms with van der Waals surface area (Å²) in [4.78, 5) is 23.5. The van der Waals surface area contributed by atoms with E-state index in [0.29, 0.717) is 18.2 Å². The molecule has 0 saturated carbocycles. The summed E-state index contributed by atoms with van der Waals surface area (Å²) < 4.78 is 57.0. The number of alkyl halides is 3. The van der Waals surface area contributed by atoms with E-state index in [2.05, 4.69) is 0 Å². The molecule has 0 unspecified atom stereocenters. The Morgan fingerprint density at radius 1 is 1.12 bits per heavy atom. The highest BCUT2D eigenvalue weighted by Crippen LogP contribution is 2.40. The Hall–Kier alpha value is -2.42. The van der Waals surface area contributed by atoms with Gasteiger partial charge in [0.25, 0.3) is 0 Å². The van der Waals surface area contributed by atoms with Crippen molar-refractivity contribution in [1.82, 2.24) is 0 Å². The Balaban J connectivity index is 1.85. The second kappa shape index (κ2) is 5.59. The molecule has 24 heavy (non-hydrogen) atoms. The number of hydrogen-bond acceptors (Lipinski definition) is 4. The van der Waals surface area contributed by atoms with Crippen molar-refractivity contribution in [2.45, 2.75) is 18.4 Å². The zero-order valence-corrected chi connectivity index (χ0v) is 11.8. The van der Waals surface area contributed by atoms with Crippen molar-refractivity contribution in [2.24, 2.45) is 11.8 Å². The van der Waals surface area contributed by atoms with Crippen LogP contribution in [-0.2, 0) is 20.5 Å². The summed E-state index contributed by atoms with van der Waals surface area (Å²) >= 11 is 0. The molecule has 0 spiro atoms. The molecule has 2 aliphatic rings. The molecule has 1 amide bonds. The van der Waals surface area contributed by atoms with Gasteiger partial charge < -0.3 is 20.0 Å². The van der Waals surface area contributed by atoms with Gasteiger partial charge in [0, 0.05) is 11.9 Å². The summed E-state index contributed by atoms with van der Waals surface area (Å²) in [6.07, 6.45) is -3.44. The number of ether oxygens (including phenoxy) is 1. The molecule has 9 heteroatoms. The fourth-order valence-electron chi connectivity index (χ4n) is 2.92. The normalized spacial score (nSPS) is 28.2. The van der Waals surface area contributed by atoms with E-state index in [4.69, 9.17) is 4.74 Å². The summed E-state index contributed by atoms with van der Waals surface area (Å²) in [5, 5.41) is 13.2. The van der Waals surface area contributed by atoms with E-state index in [0.717, 1.165) is 0 Å². The van der Waals surface area contributed by atoms with Crippen LogP contribution < -0.4 is 10.4 Å². The van der Waals surface area contributed by atoms with Crippen LogP contribution in [0.25, 0.3) is 0 Å². The van der Waals surface area contributed by atoms with Crippen LogP contribution >= 0.6 is 0 Å². The molecular formula is C15H10F4NO4-. The van der Waals surface area contributed by atoms with E-state index in [9.17, 15) is 32.3 Å². The summed E-state index contributed by atoms with van der Waals surface area (Å²) in [6.45, 7) is 0. The first kappa shape index (κ1) is 16.4. The van der Waals surface area contributed by atoms with Crippen molar-refractivity contribution in [3.8, 4) is 0 Å². The minimum Gasteiger partial charge on any atom is -0.550 e. The Kier molecular flexibility index (Phi) is 3.83. The summed E-state index contributed by atoms with van der Waals surface area (Å²) in [5.41, 5.74) is -1.82. The molecule has 0 aromatic heterocycles. The zero-order chi connectivity index (χ0) is 17.6. The van der Waals surface area contributed by atoms with Crippen molar-refractivity contribution in [3.63, 3.8) is 0 Å². The predicted octanol–water partition coefficient (Wildman–Crippen LogP) is 1.10. The van der Waals surface area contributed by atoms with Crippen molar-refractivity contribution in [1.29, 1.82) is 0 Å². The number of rotatable bonds is 3. The molecule has 2 aliphatic heterocycles. The quantitative estimate of drug-likeness (QED) is 0.658. The summed E-state index contributed by atoms with van der Waals surface area (Å²) in [7, 11) is 0. The minimum atomic E-state index is -4.71. The third kappa shape index (κ3) is 2.75. The molecule has 1 N–H and O–H groups in total. The van der Waals surface area contributed by atoms with E-state index in [1.165, 1.54) is 12.2 Å². The largest absolute Gasteiger partial charge is 0.550 e. The Morgan fingerprint density at radius 3 is 2.33 bits per heavy atom. The second-order valence-corrected chi connectivity index (χ2v) is 5.50. The topological polar surface area (TPSA) is 78.5 Å². The van der Waals surface area contributed by atoms with Crippen molar-refractivity contribution >= 4 is 17.6 Å². The number of carboxylic acid groups (broad SMARTS) is 1. The molecule has 1 aromatic rings. The number of aliphatic carboxylic acids is 1. The van der Waals surface area contributed by atoms with Crippen LogP contribution in [0.3, 0.4) is 0 Å². The van der Waals surface area contributed by atoms with Gasteiger partial charge in [0.15, 0.2) is 0 Å². The SMILES string of the molecule is O=C([O-])[C@@H]1[C@@H](C(=O)Nc2cc(C(F)(F)F)ccc2F)[C@H]2C=C[C@@H]1O2. The highest BCUT2D eigenvalue weighted by molar-refractivity contribution is 5.96. The smallest absolute Gasteiger partial charge is 0.416 e. The first-order valence-corrected chi connectivity index (χ1v) is 6.91. The van der Waals surface area contributed by atoms with Crippen LogP contribution in [0.5, 0.6) is 0 Å². The van der Waals surface area contributed by atoms with E-state index in [1.807, 2.05) is 5.32 Å². The van der Waals surface area contributed by atoms with E-state index < -0.39 is 59.2 Å². The average molecular weight is 344 g/mol. The lowest BCUT2D eigenvalue weighted by Gasteiger charge is -2.25. The van der Waals surface area contributed by atoms with Crippen molar-refractivity contribution < 1.29 is 37.0 Å². The first-order chi connectivity index (χ1) is 11.2. The van der Waals surface area contributed by atoms with Crippen molar-refractivity contribution in [3.05, 3.63) is 41.7 Å². The van der Waals surface area contributed by atoms with E-state index >= 15 is 0 Å². The summed E-state index contributed by atoms with van der Waals surface area (Å²) in [5.74, 6) is -6.02. The van der Waals surface area contributed by atoms with Crippen LogP contribution in [-0.4, -0.2) is 24.1 Å². The fourth-order valence-corrected chi connectivity index (χ4v) is 2.92. The first-order valence-electron chi connectivity index (χ1n) is 6.91. The number of anilines is 1. The molecule has 0 aliphatic carbocycles. The Morgan fingerprint density at radius 2 is 1.75 bits per heavy atom. The molecular weight excluding hydrogens is 334 g/mol. The Bertz CT molecular complexity index is 731. The highest BCUT2D eigenvalue weighted by Gasteiger charge is 2.50. The number of hydrogen-bond donors (Lipinski definition) is 1. The molecule has 128 valence electrons. The number of fused-ring (bicyclic) bond motifs is 2. The van der Waals surface area contributed by atoms with Gasteiger partial charge in [-0.3, -0.25) is 4.79 Å². The van der Waals surface area contributed by atoms with Gasteiger partial charge in [-0.1, -0.05) is 12.2 Å². The number of benzene rings is 1. The third-order valence-corrected chi connectivity index (χ3v) is 4.03. The number of halogens is 4. The van der Waals surface area contributed by atoms with Gasteiger partial charge in [-0.25, -0.2) is 4.39 Å². The monoisotopic (exact) mass is 344 g/mol. The van der Waals surface area contributed by atoms with Gasteiger partial charge >= 0.3 is 6.18 Å². The minimum absolute atomic E-state index is 0.450. The number of amides is 1. The molecule has 2 heterocycles. The van der Waals surface area contributed by atoms with Gasteiger partial charge in [0.1, 0.15) is 5.82 Å². The second-order valence-electron chi connectivity index (χ2n) is 5.50. The number of carbonyl (C=O) groups excluding carboxylic acids is 2. The van der Waals surface area contributed by atoms with Gasteiger partial charge in [-0.15, -0.1) is 0 Å². The van der Waals surface area contributed by atoms with E-state index in [-0.39, 0.29) is 0 Å². The molecule has 2 bridgehead atoms. The highest BCUT2D eigenvalue weighted by atomic mass is 19.4. The average Bonchev–Trinajstić information content (AvgIpc) is 3.08. The van der Waals surface area contributed by atoms with Gasteiger partial charge in [-0.2, -0.15) is 13.2 Å². The number of carboxylic acids is 1. The lowest BCUT2D eigenvalue weighted by atomic mass is 9.82. The fraction of sp³-hybridized carbons (Fsp3) is 0.333. The summed E-state index contributed by atoms with van der Waals surface area (Å²) in [6, 6.07) is 1.56. The third-order valence-electron chi connectivity index (χ3n) is 4.03. The van der Waals surface area contributed by atoms with Crippen LogP contribution in [0.15, 0.2) is 30.4 Å². The zero-order valence-electron chi connectivity index (χ0n) is 11.8. The molecule has 3 rings (SSSR count). The maximum atomic E-state index is 13.7. The molecule has 5 nitrogen and oxygen atoms in total. The van der Waals surface area contributed by atoms with Crippen LogP contribution in [0.2, 0.25) is 0 Å². The van der Waals surface area contributed by atoms with Gasteiger partial charge in [0.2, 0.25) is 5.91 Å². The Labute approximate surface area is 132 Å². The lowest BCUT2D eigenvalue weighted by Crippen LogP contribution is -2.45. The predicted molar refractivity (Wildman–Crippen MR) is 69.8 cm³/mol. The molecule has 1 fully saturated rings. The van der Waals surface area contributed by atoms with Gasteiger partial charge in [-0.05, 0) is 18.2 Å². The van der Waals surface area contributed by atoms with E-state index in [1.54, 1.807) is 0 Å². The molecule has 1 aromatic carbocycles. The van der Waals surface area contributed by atoms with Crippen LogP contribution in [0, 0.1) is 17.7 Å². The maximum absolute atomic E-state index is 13.7. The molecule has 1 saturated heterocycles. The number of nitrogens with one attached hydrogen (secondary N) is 1. The number of carbonyl (C=O) groups is 2.